The minimum atomic E-state index is -3.53. The van der Waals surface area contributed by atoms with Gasteiger partial charge < -0.3 is 5.73 Å². The van der Waals surface area contributed by atoms with E-state index in [0.29, 0.717) is 18.1 Å². The van der Waals surface area contributed by atoms with Crippen molar-refractivity contribution >= 4 is 34.0 Å². The molecule has 2 N–H and O–H groups in total. The number of hydrogen-bond acceptors (Lipinski definition) is 3. The van der Waals surface area contributed by atoms with Gasteiger partial charge in [-0.15, -0.1) is 12.4 Å². The van der Waals surface area contributed by atoms with Gasteiger partial charge >= 0.3 is 0 Å². The van der Waals surface area contributed by atoms with Crippen LogP contribution in [0.2, 0.25) is 5.02 Å². The molecule has 1 fully saturated rings. The Hall–Kier alpha value is -0.330. The third-order valence-electron chi connectivity index (χ3n) is 4.08. The van der Waals surface area contributed by atoms with Crippen LogP contribution in [0.1, 0.15) is 32.3 Å². The second-order valence-corrected chi connectivity index (χ2v) is 8.10. The van der Waals surface area contributed by atoms with Gasteiger partial charge in [-0.25, -0.2) is 8.42 Å². The monoisotopic (exact) mass is 366 g/mol. The van der Waals surface area contributed by atoms with E-state index in [1.54, 1.807) is 12.1 Å². The molecule has 0 saturated carbocycles. The number of rotatable bonds is 5. The Labute approximate surface area is 144 Å². The maximum atomic E-state index is 12.8. The molecule has 1 aromatic carbocycles. The molecule has 0 radical (unpaired) electrons. The molecule has 1 saturated heterocycles. The van der Waals surface area contributed by atoms with Crippen LogP contribution in [0.25, 0.3) is 0 Å². The molecule has 2 unspecified atom stereocenters. The van der Waals surface area contributed by atoms with Crippen molar-refractivity contribution in [3.63, 3.8) is 0 Å². The van der Waals surface area contributed by atoms with Gasteiger partial charge in [0.2, 0.25) is 10.0 Å². The van der Waals surface area contributed by atoms with Crippen molar-refractivity contribution in [2.45, 2.75) is 44.0 Å². The fourth-order valence-corrected chi connectivity index (χ4v) is 4.77. The molecule has 0 spiro atoms. The number of nitrogens with zero attached hydrogens (tertiary/aromatic N) is 1. The minimum Gasteiger partial charge on any atom is -0.328 e. The van der Waals surface area contributed by atoms with Gasteiger partial charge in [0.1, 0.15) is 4.90 Å². The van der Waals surface area contributed by atoms with E-state index < -0.39 is 10.0 Å². The highest BCUT2D eigenvalue weighted by molar-refractivity contribution is 7.89. The fraction of sp³-hybridized carbons (Fsp3) is 0.600. The second kappa shape index (κ2) is 7.97. The van der Waals surface area contributed by atoms with Crippen molar-refractivity contribution < 1.29 is 8.42 Å². The van der Waals surface area contributed by atoms with Crippen molar-refractivity contribution in [1.29, 1.82) is 0 Å². The van der Waals surface area contributed by atoms with Crippen molar-refractivity contribution in [3.8, 4) is 0 Å². The Morgan fingerprint density at radius 3 is 2.68 bits per heavy atom. The van der Waals surface area contributed by atoms with E-state index in [4.69, 9.17) is 17.3 Å². The molecule has 0 bridgehead atoms. The average molecular weight is 367 g/mol. The number of hydrogen-bond donors (Lipinski definition) is 1. The summed E-state index contributed by atoms with van der Waals surface area (Å²) in [4.78, 5) is 0.223. The molecule has 1 aromatic rings. The highest BCUT2D eigenvalue weighted by Gasteiger charge is 2.35. The zero-order valence-electron chi connectivity index (χ0n) is 13.0. The summed E-state index contributed by atoms with van der Waals surface area (Å²) in [5.41, 5.74) is 6.89. The molecule has 2 atom stereocenters. The first-order valence-corrected chi connectivity index (χ1v) is 9.22. The summed E-state index contributed by atoms with van der Waals surface area (Å²) in [7, 11) is -3.53. The summed E-state index contributed by atoms with van der Waals surface area (Å²) >= 11 is 6.13. The summed E-state index contributed by atoms with van der Waals surface area (Å²) in [5.74, 6) is 0.220. The summed E-state index contributed by atoms with van der Waals surface area (Å²) in [6.07, 6.45) is 2.63. The Bertz CT molecular complexity index is 606. The number of halogens is 2. The van der Waals surface area contributed by atoms with Crippen LogP contribution in [0.3, 0.4) is 0 Å². The van der Waals surface area contributed by atoms with E-state index in [1.807, 2.05) is 13.0 Å². The molecule has 0 aliphatic carbocycles. The summed E-state index contributed by atoms with van der Waals surface area (Å²) in [6.45, 7) is 4.99. The topological polar surface area (TPSA) is 63.4 Å². The average Bonchev–Trinajstić information content (AvgIpc) is 2.91. The van der Waals surface area contributed by atoms with Gasteiger partial charge in [0.15, 0.2) is 0 Å². The van der Waals surface area contributed by atoms with Crippen LogP contribution in [0.5, 0.6) is 0 Å². The van der Waals surface area contributed by atoms with Gasteiger partial charge in [-0.2, -0.15) is 4.31 Å². The minimum absolute atomic E-state index is 0. The maximum absolute atomic E-state index is 12.8. The van der Waals surface area contributed by atoms with Gasteiger partial charge in [0.05, 0.1) is 5.02 Å². The molecular formula is C15H24Cl2N2O2S. The predicted octanol–water partition coefficient (Wildman–Crippen LogP) is 3.07. The maximum Gasteiger partial charge on any atom is 0.244 e. The third kappa shape index (κ3) is 4.15. The van der Waals surface area contributed by atoms with Crippen molar-refractivity contribution in [2.24, 2.45) is 11.7 Å². The molecule has 1 aliphatic heterocycles. The normalized spacial score (nSPS) is 20.6. The molecule has 0 amide bonds. The lowest BCUT2D eigenvalue weighted by molar-refractivity contribution is 0.429. The van der Waals surface area contributed by atoms with E-state index in [0.717, 1.165) is 24.8 Å². The van der Waals surface area contributed by atoms with Crippen LogP contribution >= 0.6 is 24.0 Å². The molecular weight excluding hydrogens is 343 g/mol. The SMILES string of the molecule is CCCc1ccc(Cl)c(S(=O)(=O)N2CCC(C(C)N)C2)c1.Cl. The van der Waals surface area contributed by atoms with Crippen molar-refractivity contribution in [2.75, 3.05) is 13.1 Å². The summed E-state index contributed by atoms with van der Waals surface area (Å²) < 4.78 is 27.1. The quantitative estimate of drug-likeness (QED) is 0.870. The lowest BCUT2D eigenvalue weighted by atomic mass is 10.0. The first-order chi connectivity index (χ1) is 9.86. The number of sulfonamides is 1. The first-order valence-electron chi connectivity index (χ1n) is 7.40. The lowest BCUT2D eigenvalue weighted by Crippen LogP contribution is -2.33. The van der Waals surface area contributed by atoms with Crippen LogP contribution in [-0.4, -0.2) is 31.9 Å². The molecule has 4 nitrogen and oxygen atoms in total. The number of aryl methyl sites for hydroxylation is 1. The van der Waals surface area contributed by atoms with Crippen molar-refractivity contribution in [3.05, 3.63) is 28.8 Å². The number of nitrogens with two attached hydrogens (primary N) is 1. The van der Waals surface area contributed by atoms with Crippen LogP contribution in [-0.2, 0) is 16.4 Å². The molecule has 0 aromatic heterocycles. The predicted molar refractivity (Wildman–Crippen MR) is 93.2 cm³/mol. The summed E-state index contributed by atoms with van der Waals surface area (Å²) in [5, 5.41) is 0.291. The van der Waals surface area contributed by atoms with Crippen LogP contribution in [0, 0.1) is 5.92 Å². The Balaban J connectivity index is 0.00000242. The summed E-state index contributed by atoms with van der Waals surface area (Å²) in [6, 6.07) is 5.28. The largest absolute Gasteiger partial charge is 0.328 e. The zero-order valence-corrected chi connectivity index (χ0v) is 15.3. The second-order valence-electron chi connectivity index (χ2n) is 5.79. The van der Waals surface area contributed by atoms with E-state index in [1.165, 1.54) is 4.31 Å². The van der Waals surface area contributed by atoms with E-state index in [2.05, 4.69) is 6.92 Å². The van der Waals surface area contributed by atoms with Crippen LogP contribution in [0.15, 0.2) is 23.1 Å². The molecule has 126 valence electrons. The van der Waals surface area contributed by atoms with Crippen LogP contribution < -0.4 is 5.73 Å². The third-order valence-corrected chi connectivity index (χ3v) is 6.43. The molecule has 7 heteroatoms. The van der Waals surface area contributed by atoms with Gasteiger partial charge in [-0.1, -0.05) is 31.0 Å². The molecule has 2 rings (SSSR count). The highest BCUT2D eigenvalue weighted by atomic mass is 35.5. The highest BCUT2D eigenvalue weighted by Crippen LogP contribution is 2.30. The lowest BCUT2D eigenvalue weighted by Gasteiger charge is -2.19. The first kappa shape index (κ1) is 19.7. The van der Waals surface area contributed by atoms with Gasteiger partial charge in [-0.3, -0.25) is 0 Å². The number of benzene rings is 1. The molecule has 1 aliphatic rings. The van der Waals surface area contributed by atoms with Crippen LogP contribution in [0.4, 0.5) is 0 Å². The Kier molecular flexibility index (Phi) is 7.15. The van der Waals surface area contributed by atoms with Crippen molar-refractivity contribution in [1.82, 2.24) is 4.31 Å². The van der Waals surface area contributed by atoms with Gasteiger partial charge in [-0.05, 0) is 43.4 Å². The fourth-order valence-electron chi connectivity index (χ4n) is 2.73. The van der Waals surface area contributed by atoms with E-state index in [-0.39, 0.29) is 29.3 Å². The van der Waals surface area contributed by atoms with E-state index in [9.17, 15) is 8.42 Å². The standard InChI is InChI=1S/C15H23ClN2O2S.ClH/c1-3-4-12-5-6-14(16)15(9-12)21(19,20)18-8-7-13(10-18)11(2)17;/h5-6,9,11,13H,3-4,7-8,10,17H2,1-2H3;1H. The molecule has 1 heterocycles. The smallest absolute Gasteiger partial charge is 0.244 e. The van der Waals surface area contributed by atoms with E-state index >= 15 is 0 Å². The van der Waals surface area contributed by atoms with Gasteiger partial charge in [0.25, 0.3) is 0 Å². The molecule has 22 heavy (non-hydrogen) atoms. The van der Waals surface area contributed by atoms with Gasteiger partial charge in [0, 0.05) is 19.1 Å². The Morgan fingerprint density at radius 2 is 2.14 bits per heavy atom. The zero-order chi connectivity index (χ0) is 15.6. The Morgan fingerprint density at radius 1 is 1.45 bits per heavy atom.